The van der Waals surface area contributed by atoms with E-state index in [4.69, 9.17) is 18.4 Å². The van der Waals surface area contributed by atoms with Crippen LogP contribution in [0.3, 0.4) is 0 Å². The molecular weight excluding hydrogens is 483 g/mol. The fourth-order valence-corrected chi connectivity index (χ4v) is 3.12. The molecule has 0 spiro atoms. The van der Waals surface area contributed by atoms with Crippen molar-refractivity contribution in [3.63, 3.8) is 0 Å². The Bertz CT molecular complexity index is 744. The van der Waals surface area contributed by atoms with E-state index in [-0.39, 0.29) is 25.7 Å². The van der Waals surface area contributed by atoms with Gasteiger partial charge in [0.2, 0.25) is 0 Å². The van der Waals surface area contributed by atoms with Gasteiger partial charge in [-0.25, -0.2) is 0 Å². The largest absolute Gasteiger partial charge is 0.400 e. The number of benzene rings is 1. The van der Waals surface area contributed by atoms with Gasteiger partial charge in [0.05, 0.1) is 8.07 Å². The average Bonchev–Trinajstić information content (AvgIpc) is 2.62. The van der Waals surface area contributed by atoms with E-state index in [9.17, 15) is 0 Å². The van der Waals surface area contributed by atoms with E-state index >= 15 is 0 Å². The Labute approximate surface area is 163 Å². The molecule has 0 aliphatic rings. The summed E-state index contributed by atoms with van der Waals surface area (Å²) < 4.78 is 45.6. The molecule has 2 aromatic rings. The van der Waals surface area contributed by atoms with Crippen molar-refractivity contribution in [3.8, 4) is 11.3 Å². The van der Waals surface area contributed by atoms with E-state index in [1.165, 1.54) is 12.1 Å². The maximum Gasteiger partial charge on any atom is 0.0798 e. The third kappa shape index (κ3) is 7.51. The molecule has 0 saturated heterocycles. The minimum Gasteiger partial charge on any atom is -0.400 e. The zero-order valence-corrected chi connectivity index (χ0v) is 17.5. The fraction of sp³-hybridized carbons (Fsp3) is 0.389. The first-order valence-corrected chi connectivity index (χ1v) is 10.2. The van der Waals surface area contributed by atoms with E-state index < -0.39 is 21.8 Å². The molecule has 0 fully saturated rings. The number of pyridine rings is 1. The molecule has 1 heterocycles. The van der Waals surface area contributed by atoms with E-state index in [1.54, 1.807) is 18.3 Å². The van der Waals surface area contributed by atoms with Gasteiger partial charge in [-0.3, -0.25) is 0 Å². The number of aliphatic hydroxyl groups excluding tert-OH is 2. The van der Waals surface area contributed by atoms with Crippen LogP contribution in [0.1, 0.15) is 19.4 Å². The normalized spacial score (nSPS) is 14.6. The van der Waals surface area contributed by atoms with Gasteiger partial charge in [-0.1, -0.05) is 38.1 Å². The minimum atomic E-state index is -2.22. The zero-order chi connectivity index (χ0) is 22.3. The van der Waals surface area contributed by atoms with Crippen LogP contribution in [0.15, 0.2) is 30.5 Å². The monoisotopic (exact) mass is 517 g/mol. The summed E-state index contributed by atoms with van der Waals surface area (Å²) in [5.74, 6) is 0. The Hall–Kier alpha value is -0.844. The molecule has 2 rings (SSSR count). The van der Waals surface area contributed by atoms with Crippen LogP contribution in [0.25, 0.3) is 11.3 Å². The first-order valence-electron chi connectivity index (χ1n) is 9.73. The number of rotatable bonds is 2. The van der Waals surface area contributed by atoms with Crippen molar-refractivity contribution in [1.82, 2.24) is 4.98 Å². The smallest absolute Gasteiger partial charge is 0.0798 e. The van der Waals surface area contributed by atoms with Crippen LogP contribution >= 0.6 is 0 Å². The molecule has 0 aliphatic carbocycles. The van der Waals surface area contributed by atoms with Gasteiger partial charge in [-0.2, -0.15) is 0 Å². The molecule has 3 nitrogen and oxygen atoms in total. The fourth-order valence-electron chi connectivity index (χ4n) is 1.78. The third-order valence-corrected chi connectivity index (χ3v) is 4.82. The van der Waals surface area contributed by atoms with Crippen LogP contribution in [0.4, 0.5) is 0 Å². The standard InChI is InChI=1S/C16H20NSi.2CH4O.Ir/c1-12-6-8-14(9-7-12)15-10-13(2)16(11-17-15)18(3,4)5;2*1-2;/h6-8,10-11H,1-5H3;2*2H,1H3;/q-1;;;/i1D3,2D3;;;. The van der Waals surface area contributed by atoms with Crippen LogP contribution in [-0.2, 0) is 20.1 Å². The maximum absolute atomic E-state index is 7.81. The molecule has 2 N–H and O–H groups in total. The Morgan fingerprint density at radius 2 is 1.74 bits per heavy atom. The number of hydrogen-bond donors (Lipinski definition) is 2. The molecule has 0 bridgehead atoms. The van der Waals surface area contributed by atoms with Crippen molar-refractivity contribution in [2.45, 2.75) is 33.3 Å². The maximum atomic E-state index is 7.81. The minimum absolute atomic E-state index is 0. The predicted molar refractivity (Wildman–Crippen MR) is 97.2 cm³/mol. The summed E-state index contributed by atoms with van der Waals surface area (Å²) in [5, 5.41) is 14.8. The molecule has 0 aliphatic heterocycles. The van der Waals surface area contributed by atoms with E-state index in [0.29, 0.717) is 16.8 Å². The Balaban J connectivity index is 0. The van der Waals surface area contributed by atoms with Crippen LogP contribution in [0.5, 0.6) is 0 Å². The second-order valence-electron chi connectivity index (χ2n) is 5.36. The molecule has 0 unspecified atom stereocenters. The zero-order valence-electron chi connectivity index (χ0n) is 20.1. The summed E-state index contributed by atoms with van der Waals surface area (Å²) in [5.41, 5.74) is 1.58. The van der Waals surface area contributed by atoms with Gasteiger partial charge in [-0.15, -0.1) is 35.4 Å². The Kier molecular flexibility index (Phi) is 7.35. The van der Waals surface area contributed by atoms with Gasteiger partial charge in [0.15, 0.2) is 0 Å². The van der Waals surface area contributed by atoms with Crippen molar-refractivity contribution in [2.24, 2.45) is 0 Å². The van der Waals surface area contributed by atoms with Crippen molar-refractivity contribution in [3.05, 3.63) is 47.7 Å². The van der Waals surface area contributed by atoms with Crippen LogP contribution in [0, 0.1) is 19.8 Å². The number of aryl methyl sites for hydroxylation is 2. The first kappa shape index (κ1) is 14.5. The molecule has 131 valence electrons. The molecule has 1 aromatic heterocycles. The van der Waals surface area contributed by atoms with E-state index in [1.807, 2.05) is 0 Å². The van der Waals surface area contributed by atoms with Gasteiger partial charge in [-0.05, 0) is 17.7 Å². The number of hydrogen-bond acceptors (Lipinski definition) is 3. The van der Waals surface area contributed by atoms with Crippen molar-refractivity contribution < 1.29 is 38.5 Å². The summed E-state index contributed by atoms with van der Waals surface area (Å²) in [6, 6.07) is 9.01. The summed E-state index contributed by atoms with van der Waals surface area (Å²) in [6.45, 7) is 1.84. The molecule has 1 aromatic carbocycles. The summed E-state index contributed by atoms with van der Waals surface area (Å²) in [6.07, 6.45) is 1.65. The topological polar surface area (TPSA) is 53.4 Å². The van der Waals surface area contributed by atoms with Crippen LogP contribution in [-0.4, -0.2) is 37.5 Å². The third-order valence-electron chi connectivity index (χ3n) is 2.80. The van der Waals surface area contributed by atoms with Gasteiger partial charge in [0.1, 0.15) is 0 Å². The van der Waals surface area contributed by atoms with Gasteiger partial charge < -0.3 is 15.2 Å². The van der Waals surface area contributed by atoms with Gasteiger partial charge in [0.25, 0.3) is 0 Å². The number of aromatic nitrogens is 1. The molecular formula is C18H28IrNO2Si-. The summed E-state index contributed by atoms with van der Waals surface area (Å²) in [4.78, 5) is 4.39. The average molecular weight is 517 g/mol. The molecule has 0 atom stereocenters. The Morgan fingerprint density at radius 3 is 2.17 bits per heavy atom. The van der Waals surface area contributed by atoms with Crippen LogP contribution in [0.2, 0.25) is 19.6 Å². The second-order valence-corrected chi connectivity index (χ2v) is 10.4. The molecule has 0 amide bonds. The van der Waals surface area contributed by atoms with Gasteiger partial charge in [0, 0.05) is 48.7 Å². The van der Waals surface area contributed by atoms with Crippen molar-refractivity contribution in [1.29, 1.82) is 0 Å². The number of aliphatic hydroxyl groups is 2. The van der Waals surface area contributed by atoms with Crippen molar-refractivity contribution in [2.75, 3.05) is 14.2 Å². The summed E-state index contributed by atoms with van der Waals surface area (Å²) >= 11 is 0. The van der Waals surface area contributed by atoms with E-state index in [2.05, 4.69) is 30.7 Å². The van der Waals surface area contributed by atoms with Gasteiger partial charge >= 0.3 is 0 Å². The van der Waals surface area contributed by atoms with E-state index in [0.717, 1.165) is 19.4 Å². The molecule has 1 radical (unpaired) electrons. The first-order chi connectivity index (χ1) is 12.8. The predicted octanol–water partition coefficient (Wildman–Crippen LogP) is 2.93. The second kappa shape index (κ2) is 11.7. The molecule has 5 heteroatoms. The molecule has 0 saturated carbocycles. The molecule has 23 heavy (non-hydrogen) atoms. The summed E-state index contributed by atoms with van der Waals surface area (Å²) in [7, 11) is 0.148. The SMILES string of the molecule is CO.CO.[2H]C([2H])([2H])c1c[c-]c(-c2cc(C([2H])([2H])[2H])c([Si](C)(C)C)cn2)cc1.[Ir]. The van der Waals surface area contributed by atoms with Crippen molar-refractivity contribution >= 4 is 13.3 Å². The number of nitrogens with zero attached hydrogens (tertiary/aromatic N) is 1. The quantitative estimate of drug-likeness (QED) is 0.477. The Morgan fingerprint density at radius 1 is 1.09 bits per heavy atom. The van der Waals surface area contributed by atoms with Crippen LogP contribution < -0.4 is 5.19 Å².